The van der Waals surface area contributed by atoms with E-state index < -0.39 is 12.1 Å². The largest absolute Gasteiger partial charge is 0.394 e. The van der Waals surface area contributed by atoms with E-state index in [4.69, 9.17) is 0 Å². The minimum Gasteiger partial charge on any atom is -0.394 e. The zero-order valence-electron chi connectivity index (χ0n) is 40.5. The molecule has 0 spiro atoms. The molecule has 0 radical (unpaired) electrons. The first-order valence-corrected chi connectivity index (χ1v) is 26.9. The molecule has 4 heteroatoms. The molecule has 0 aromatic carbocycles. The maximum absolute atomic E-state index is 12.4. The number of allylic oxidation sites excluding steroid dienone is 7. The van der Waals surface area contributed by atoms with Crippen molar-refractivity contribution < 1.29 is 15.0 Å². The van der Waals surface area contributed by atoms with E-state index in [1.807, 2.05) is 6.08 Å². The van der Waals surface area contributed by atoms with Crippen LogP contribution in [0.25, 0.3) is 0 Å². The van der Waals surface area contributed by atoms with Crippen LogP contribution in [0.4, 0.5) is 0 Å². The summed E-state index contributed by atoms with van der Waals surface area (Å²) in [6.07, 6.45) is 71.4. The maximum Gasteiger partial charge on any atom is 0.220 e. The molecule has 4 nitrogen and oxygen atoms in total. The predicted molar refractivity (Wildman–Crippen MR) is 267 cm³/mol. The van der Waals surface area contributed by atoms with Gasteiger partial charge in [-0.25, -0.2) is 0 Å². The second-order valence-electron chi connectivity index (χ2n) is 18.3. The first-order chi connectivity index (χ1) is 29.7. The second-order valence-corrected chi connectivity index (χ2v) is 18.3. The topological polar surface area (TPSA) is 69.6 Å². The minimum absolute atomic E-state index is 0.0755. The Morgan fingerprint density at radius 1 is 0.383 bits per heavy atom. The van der Waals surface area contributed by atoms with Gasteiger partial charge in [0, 0.05) is 6.42 Å². The lowest BCUT2D eigenvalue weighted by atomic mass is 10.0. The Kier molecular flexibility index (Phi) is 50.3. The summed E-state index contributed by atoms with van der Waals surface area (Å²) in [6.45, 7) is 4.27. The summed E-state index contributed by atoms with van der Waals surface area (Å²) in [5.41, 5.74) is 0. The zero-order chi connectivity index (χ0) is 43.5. The van der Waals surface area contributed by atoms with Crippen molar-refractivity contribution in [1.82, 2.24) is 5.32 Å². The van der Waals surface area contributed by atoms with Crippen LogP contribution in [0.5, 0.6) is 0 Å². The van der Waals surface area contributed by atoms with Crippen LogP contribution in [-0.2, 0) is 4.79 Å². The lowest BCUT2D eigenvalue weighted by Crippen LogP contribution is -2.45. The average Bonchev–Trinajstić information content (AvgIpc) is 3.25. The number of hydrogen-bond donors (Lipinski definition) is 3. The Morgan fingerprint density at radius 2 is 0.650 bits per heavy atom. The molecule has 60 heavy (non-hydrogen) atoms. The number of unbranched alkanes of at least 4 members (excludes halogenated alkanes) is 36. The Hall–Kier alpha value is -1.65. The van der Waals surface area contributed by atoms with Crippen LogP contribution in [0.15, 0.2) is 48.6 Å². The molecule has 0 aliphatic rings. The lowest BCUT2D eigenvalue weighted by molar-refractivity contribution is -0.123. The monoisotopic (exact) mass is 840 g/mol. The van der Waals surface area contributed by atoms with Gasteiger partial charge in [0.15, 0.2) is 0 Å². The smallest absolute Gasteiger partial charge is 0.220 e. The van der Waals surface area contributed by atoms with E-state index in [1.54, 1.807) is 6.08 Å². The SMILES string of the molecule is CCCCC/C=C/CC/C=C/CC/C=C/C(O)C(CO)NC(=O)CCCCCCCCCCCCCCCCCCCCCCCCC/C=C\CCCCCCCCCC. The van der Waals surface area contributed by atoms with Crippen LogP contribution in [0.2, 0.25) is 0 Å². The minimum atomic E-state index is -0.868. The van der Waals surface area contributed by atoms with Gasteiger partial charge in [0.05, 0.1) is 18.8 Å². The van der Waals surface area contributed by atoms with Crippen LogP contribution in [0.3, 0.4) is 0 Å². The fraction of sp³-hybridized carbons (Fsp3) is 0.839. The van der Waals surface area contributed by atoms with E-state index in [9.17, 15) is 15.0 Å². The Balaban J connectivity index is 3.42. The van der Waals surface area contributed by atoms with Crippen molar-refractivity contribution in [3.05, 3.63) is 48.6 Å². The van der Waals surface area contributed by atoms with Crippen LogP contribution in [0.1, 0.15) is 284 Å². The molecule has 3 N–H and O–H groups in total. The van der Waals surface area contributed by atoms with E-state index in [2.05, 4.69) is 55.6 Å². The number of aliphatic hydroxyl groups is 2. The fourth-order valence-electron chi connectivity index (χ4n) is 8.15. The molecule has 0 fully saturated rings. The van der Waals surface area contributed by atoms with Crippen LogP contribution in [0, 0.1) is 0 Å². The van der Waals surface area contributed by atoms with Crippen molar-refractivity contribution in [2.75, 3.05) is 6.61 Å². The van der Waals surface area contributed by atoms with Gasteiger partial charge in [-0.1, -0.05) is 255 Å². The normalized spacial score (nSPS) is 13.2. The van der Waals surface area contributed by atoms with Crippen LogP contribution < -0.4 is 5.32 Å². The molecule has 0 saturated carbocycles. The Labute approximate surface area is 375 Å². The van der Waals surface area contributed by atoms with Crippen molar-refractivity contribution in [2.24, 2.45) is 0 Å². The lowest BCUT2D eigenvalue weighted by Gasteiger charge is -2.19. The molecule has 352 valence electrons. The van der Waals surface area contributed by atoms with Gasteiger partial charge in [-0.2, -0.15) is 0 Å². The third kappa shape index (κ3) is 47.4. The number of aliphatic hydroxyl groups excluding tert-OH is 2. The highest BCUT2D eigenvalue weighted by Crippen LogP contribution is 2.17. The zero-order valence-corrected chi connectivity index (χ0v) is 40.5. The summed E-state index contributed by atoms with van der Waals surface area (Å²) in [4.78, 5) is 12.4. The van der Waals surface area contributed by atoms with Crippen molar-refractivity contribution >= 4 is 5.91 Å². The third-order valence-electron chi connectivity index (χ3n) is 12.3. The van der Waals surface area contributed by atoms with Crippen LogP contribution >= 0.6 is 0 Å². The highest BCUT2D eigenvalue weighted by atomic mass is 16.3. The van der Waals surface area contributed by atoms with E-state index in [1.165, 1.54) is 225 Å². The maximum atomic E-state index is 12.4. The molecule has 0 aliphatic heterocycles. The summed E-state index contributed by atoms with van der Waals surface area (Å²) in [7, 11) is 0. The molecule has 1 amide bonds. The summed E-state index contributed by atoms with van der Waals surface area (Å²) in [6, 6.07) is -0.643. The summed E-state index contributed by atoms with van der Waals surface area (Å²) in [5.74, 6) is -0.0755. The van der Waals surface area contributed by atoms with Gasteiger partial charge < -0.3 is 15.5 Å². The Morgan fingerprint density at radius 3 is 1.00 bits per heavy atom. The number of carbonyl (C=O) groups is 1. The van der Waals surface area contributed by atoms with Crippen molar-refractivity contribution in [3.8, 4) is 0 Å². The van der Waals surface area contributed by atoms with Gasteiger partial charge in [0.2, 0.25) is 5.91 Å². The van der Waals surface area contributed by atoms with E-state index in [0.717, 1.165) is 38.5 Å². The number of rotatable bonds is 49. The number of carbonyl (C=O) groups excluding carboxylic acids is 1. The summed E-state index contributed by atoms with van der Waals surface area (Å²) in [5, 5.41) is 23.0. The van der Waals surface area contributed by atoms with Gasteiger partial charge in [-0.3, -0.25) is 4.79 Å². The van der Waals surface area contributed by atoms with Gasteiger partial charge >= 0.3 is 0 Å². The summed E-state index contributed by atoms with van der Waals surface area (Å²) >= 11 is 0. The number of nitrogens with one attached hydrogen (secondary N) is 1. The first-order valence-electron chi connectivity index (χ1n) is 26.9. The van der Waals surface area contributed by atoms with Crippen molar-refractivity contribution in [2.45, 2.75) is 296 Å². The molecule has 2 atom stereocenters. The highest BCUT2D eigenvalue weighted by Gasteiger charge is 2.17. The van der Waals surface area contributed by atoms with Crippen molar-refractivity contribution in [1.29, 1.82) is 0 Å². The third-order valence-corrected chi connectivity index (χ3v) is 12.3. The second kappa shape index (κ2) is 51.7. The van der Waals surface area contributed by atoms with Gasteiger partial charge in [-0.05, 0) is 70.6 Å². The summed E-state index contributed by atoms with van der Waals surface area (Å²) < 4.78 is 0. The van der Waals surface area contributed by atoms with Gasteiger partial charge in [-0.15, -0.1) is 0 Å². The molecule has 0 aromatic heterocycles. The first kappa shape index (κ1) is 58.4. The van der Waals surface area contributed by atoms with Gasteiger partial charge in [0.1, 0.15) is 0 Å². The quantitative estimate of drug-likeness (QED) is 0.0422. The molecule has 0 aromatic rings. The highest BCUT2D eigenvalue weighted by molar-refractivity contribution is 5.76. The van der Waals surface area contributed by atoms with E-state index in [-0.39, 0.29) is 12.5 Å². The Bertz CT molecular complexity index is 954. The standard InChI is InChI=1S/C56H105NO3/c1-3-5-7-9-11-13-15-17-18-19-20-21-22-23-24-25-26-27-28-29-30-31-32-33-34-35-36-37-38-40-42-44-46-48-50-52-56(60)57-54(53-58)55(59)51-49-47-45-43-41-39-16-14-12-10-8-6-4-2/h12,14,19-20,41,43,49,51,54-55,58-59H,3-11,13,15-18,21-40,42,44-48,50,52-53H2,1-2H3,(H,57,60)/b14-12+,20-19-,43-41+,51-49+. The number of hydrogen-bond acceptors (Lipinski definition) is 3. The fourth-order valence-corrected chi connectivity index (χ4v) is 8.15. The molecular weight excluding hydrogens is 735 g/mol. The van der Waals surface area contributed by atoms with E-state index >= 15 is 0 Å². The molecule has 0 rings (SSSR count). The molecule has 0 aliphatic carbocycles. The molecule has 0 bridgehead atoms. The predicted octanol–water partition coefficient (Wildman–Crippen LogP) is 17.5. The molecule has 2 unspecified atom stereocenters. The van der Waals surface area contributed by atoms with Crippen molar-refractivity contribution in [3.63, 3.8) is 0 Å². The number of amides is 1. The molecule has 0 heterocycles. The molecular formula is C56H105NO3. The molecule has 0 saturated heterocycles. The van der Waals surface area contributed by atoms with Crippen LogP contribution in [-0.4, -0.2) is 34.9 Å². The average molecular weight is 840 g/mol. The van der Waals surface area contributed by atoms with Gasteiger partial charge in [0.25, 0.3) is 0 Å². The van der Waals surface area contributed by atoms with E-state index in [0.29, 0.717) is 6.42 Å².